The molecular formula is C12H17ClFN3O3S. The van der Waals surface area contributed by atoms with Crippen molar-refractivity contribution >= 4 is 33.2 Å². The van der Waals surface area contributed by atoms with Crippen LogP contribution < -0.4 is 15.8 Å². The Kier molecular flexibility index (Phi) is 5.19. The van der Waals surface area contributed by atoms with Gasteiger partial charge in [-0.05, 0) is 32.9 Å². The number of anilines is 1. The molecule has 0 saturated heterocycles. The summed E-state index contributed by atoms with van der Waals surface area (Å²) in [6.07, 6.45) is 0. The van der Waals surface area contributed by atoms with Crippen LogP contribution in [0.4, 0.5) is 10.1 Å². The van der Waals surface area contributed by atoms with Gasteiger partial charge in [0.2, 0.25) is 15.9 Å². The third-order valence-electron chi connectivity index (χ3n) is 2.28. The van der Waals surface area contributed by atoms with E-state index in [4.69, 9.17) is 17.3 Å². The van der Waals surface area contributed by atoms with Crippen molar-refractivity contribution in [3.8, 4) is 0 Å². The zero-order valence-electron chi connectivity index (χ0n) is 11.8. The molecule has 0 atom stereocenters. The Morgan fingerprint density at radius 3 is 2.48 bits per heavy atom. The van der Waals surface area contributed by atoms with E-state index in [1.54, 1.807) is 20.8 Å². The average molecular weight is 338 g/mol. The van der Waals surface area contributed by atoms with Gasteiger partial charge in [0, 0.05) is 5.54 Å². The molecule has 0 saturated carbocycles. The number of halogens is 2. The number of carbonyl (C=O) groups is 1. The van der Waals surface area contributed by atoms with E-state index in [1.165, 1.54) is 0 Å². The van der Waals surface area contributed by atoms with Gasteiger partial charge in [-0.2, -0.15) is 0 Å². The summed E-state index contributed by atoms with van der Waals surface area (Å²) >= 11 is 5.69. The first-order valence-electron chi connectivity index (χ1n) is 5.97. The quantitative estimate of drug-likeness (QED) is 0.720. The highest BCUT2D eigenvalue weighted by molar-refractivity contribution is 7.89. The van der Waals surface area contributed by atoms with Crippen LogP contribution in [-0.4, -0.2) is 26.4 Å². The van der Waals surface area contributed by atoms with E-state index < -0.39 is 33.8 Å². The number of rotatable bonds is 4. The molecule has 9 heteroatoms. The van der Waals surface area contributed by atoms with Gasteiger partial charge in [-0.3, -0.25) is 4.79 Å². The van der Waals surface area contributed by atoms with Crippen molar-refractivity contribution in [1.82, 2.24) is 10.0 Å². The van der Waals surface area contributed by atoms with Crippen molar-refractivity contribution in [3.63, 3.8) is 0 Å². The lowest BCUT2D eigenvalue weighted by molar-refractivity contribution is -0.121. The van der Waals surface area contributed by atoms with Crippen molar-refractivity contribution in [2.45, 2.75) is 31.2 Å². The van der Waals surface area contributed by atoms with E-state index in [-0.39, 0.29) is 15.6 Å². The summed E-state index contributed by atoms with van der Waals surface area (Å²) in [7, 11) is -4.07. The topological polar surface area (TPSA) is 101 Å². The Hall–Kier alpha value is -1.38. The number of carbonyl (C=O) groups excluding carboxylic acids is 1. The van der Waals surface area contributed by atoms with Gasteiger partial charge in [0.25, 0.3) is 0 Å². The molecule has 0 heterocycles. The van der Waals surface area contributed by atoms with Crippen LogP contribution in [0.25, 0.3) is 0 Å². The molecule has 0 fully saturated rings. The third-order valence-corrected chi connectivity index (χ3v) is 4.14. The average Bonchev–Trinajstić information content (AvgIpc) is 2.29. The fourth-order valence-electron chi connectivity index (χ4n) is 1.45. The van der Waals surface area contributed by atoms with Crippen LogP contribution in [0.15, 0.2) is 17.0 Å². The molecule has 4 N–H and O–H groups in total. The fraction of sp³-hybridized carbons (Fsp3) is 0.417. The molecule has 118 valence electrons. The molecule has 0 aliphatic carbocycles. The fourth-order valence-corrected chi connectivity index (χ4v) is 2.98. The summed E-state index contributed by atoms with van der Waals surface area (Å²) in [5, 5.41) is 2.28. The van der Waals surface area contributed by atoms with Crippen LogP contribution in [-0.2, 0) is 14.8 Å². The minimum Gasteiger partial charge on any atom is -0.396 e. The Balaban J connectivity index is 2.88. The molecule has 1 aromatic rings. The van der Waals surface area contributed by atoms with Crippen LogP contribution >= 0.6 is 11.6 Å². The van der Waals surface area contributed by atoms with E-state index in [2.05, 4.69) is 10.0 Å². The van der Waals surface area contributed by atoms with Crippen molar-refractivity contribution < 1.29 is 17.6 Å². The van der Waals surface area contributed by atoms with Gasteiger partial charge in [-0.15, -0.1) is 0 Å². The van der Waals surface area contributed by atoms with Crippen molar-refractivity contribution in [2.24, 2.45) is 0 Å². The molecule has 0 aliphatic heterocycles. The predicted octanol–water partition coefficient (Wildman–Crippen LogP) is 1.25. The summed E-state index contributed by atoms with van der Waals surface area (Å²) in [4.78, 5) is 11.2. The lowest BCUT2D eigenvalue weighted by Gasteiger charge is -2.20. The highest BCUT2D eigenvalue weighted by atomic mass is 35.5. The zero-order chi connectivity index (χ0) is 16.4. The van der Waals surface area contributed by atoms with E-state index in [0.717, 1.165) is 12.1 Å². The monoisotopic (exact) mass is 337 g/mol. The highest BCUT2D eigenvalue weighted by Crippen LogP contribution is 2.26. The molecule has 0 radical (unpaired) electrons. The second-order valence-electron chi connectivity index (χ2n) is 5.43. The van der Waals surface area contributed by atoms with Gasteiger partial charge >= 0.3 is 0 Å². The first-order chi connectivity index (χ1) is 9.42. The molecule has 0 unspecified atom stereocenters. The van der Waals surface area contributed by atoms with Crippen LogP contribution in [0.2, 0.25) is 5.02 Å². The minimum absolute atomic E-state index is 0.314. The zero-order valence-corrected chi connectivity index (χ0v) is 13.4. The van der Waals surface area contributed by atoms with Crippen LogP contribution in [0, 0.1) is 5.82 Å². The summed E-state index contributed by atoms with van der Waals surface area (Å²) in [5.41, 5.74) is 4.49. The van der Waals surface area contributed by atoms with Gasteiger partial charge in [0.1, 0.15) is 10.7 Å². The number of nitrogen functional groups attached to an aromatic ring is 1. The minimum atomic E-state index is -4.07. The summed E-state index contributed by atoms with van der Waals surface area (Å²) in [6.45, 7) is 4.82. The van der Waals surface area contributed by atoms with Gasteiger partial charge in [-0.25, -0.2) is 17.5 Å². The Morgan fingerprint density at radius 2 is 1.95 bits per heavy atom. The molecule has 1 rings (SSSR count). The molecule has 21 heavy (non-hydrogen) atoms. The third kappa shape index (κ3) is 5.14. The highest BCUT2D eigenvalue weighted by Gasteiger charge is 2.22. The predicted molar refractivity (Wildman–Crippen MR) is 78.9 cm³/mol. The maximum absolute atomic E-state index is 13.2. The first-order valence-corrected chi connectivity index (χ1v) is 7.84. The summed E-state index contributed by atoms with van der Waals surface area (Å²) in [6, 6.07) is 1.71. The van der Waals surface area contributed by atoms with E-state index in [1.807, 2.05) is 0 Å². The second-order valence-corrected chi connectivity index (χ2v) is 7.57. The van der Waals surface area contributed by atoms with Crippen LogP contribution in [0.1, 0.15) is 20.8 Å². The van der Waals surface area contributed by atoms with Gasteiger partial charge in [0.15, 0.2) is 0 Å². The van der Waals surface area contributed by atoms with Crippen molar-refractivity contribution in [1.29, 1.82) is 0 Å². The SMILES string of the molecule is CC(C)(C)NC(=O)CNS(=O)(=O)c1cc(N)c(F)cc1Cl. The van der Waals surface area contributed by atoms with E-state index in [9.17, 15) is 17.6 Å². The largest absolute Gasteiger partial charge is 0.396 e. The normalized spacial score (nSPS) is 12.2. The molecule has 0 aromatic heterocycles. The standard InChI is InChI=1S/C12H17ClFN3O3S/c1-12(2,3)17-11(18)6-16-21(19,20)10-5-9(15)8(14)4-7(10)13/h4-5,16H,6,15H2,1-3H3,(H,17,18). The van der Waals surface area contributed by atoms with Crippen molar-refractivity contribution in [3.05, 3.63) is 23.0 Å². The summed E-state index contributed by atoms with van der Waals surface area (Å²) in [5.74, 6) is -1.32. The summed E-state index contributed by atoms with van der Waals surface area (Å²) < 4.78 is 39.3. The second kappa shape index (κ2) is 6.17. The smallest absolute Gasteiger partial charge is 0.242 e. The van der Waals surface area contributed by atoms with E-state index >= 15 is 0 Å². The molecule has 0 aliphatic rings. The molecular weight excluding hydrogens is 321 g/mol. The molecule has 1 aromatic carbocycles. The van der Waals surface area contributed by atoms with Crippen molar-refractivity contribution in [2.75, 3.05) is 12.3 Å². The number of hydrogen-bond acceptors (Lipinski definition) is 4. The van der Waals surface area contributed by atoms with E-state index in [0.29, 0.717) is 0 Å². The van der Waals surface area contributed by atoms with Gasteiger partial charge < -0.3 is 11.1 Å². The molecule has 0 spiro atoms. The van der Waals surface area contributed by atoms with Crippen LogP contribution in [0.5, 0.6) is 0 Å². The number of nitrogens with one attached hydrogen (secondary N) is 2. The number of hydrogen-bond donors (Lipinski definition) is 3. The maximum Gasteiger partial charge on any atom is 0.242 e. The first kappa shape index (κ1) is 17.7. The maximum atomic E-state index is 13.2. The number of amides is 1. The lowest BCUT2D eigenvalue weighted by Crippen LogP contribution is -2.45. The number of benzene rings is 1. The molecule has 0 bridgehead atoms. The molecule has 6 nitrogen and oxygen atoms in total. The Morgan fingerprint density at radius 1 is 1.38 bits per heavy atom. The number of nitrogens with two attached hydrogens (primary N) is 1. The van der Waals surface area contributed by atoms with Gasteiger partial charge in [-0.1, -0.05) is 11.6 Å². The Labute approximate surface area is 127 Å². The van der Waals surface area contributed by atoms with Crippen LogP contribution in [0.3, 0.4) is 0 Å². The lowest BCUT2D eigenvalue weighted by atomic mass is 10.1. The number of sulfonamides is 1. The Bertz CT molecular complexity index is 656. The molecule has 1 amide bonds. The van der Waals surface area contributed by atoms with Gasteiger partial charge in [0.05, 0.1) is 17.3 Å².